The van der Waals surface area contributed by atoms with E-state index in [-0.39, 0.29) is 24.0 Å². The molecule has 3 rings (SSSR count). The summed E-state index contributed by atoms with van der Waals surface area (Å²) in [5.41, 5.74) is -0.278. The molecule has 2 bridgehead atoms. The summed E-state index contributed by atoms with van der Waals surface area (Å²) in [7, 11) is 0. The zero-order valence-corrected chi connectivity index (χ0v) is 18.6. The molecule has 6 nitrogen and oxygen atoms in total. The van der Waals surface area contributed by atoms with Crippen molar-refractivity contribution in [3.63, 3.8) is 0 Å². The van der Waals surface area contributed by atoms with Gasteiger partial charge in [-0.1, -0.05) is 32.4 Å². The molecule has 0 aliphatic carbocycles. The van der Waals surface area contributed by atoms with E-state index in [2.05, 4.69) is 42.0 Å². The van der Waals surface area contributed by atoms with Crippen LogP contribution in [0.3, 0.4) is 0 Å². The lowest BCUT2D eigenvalue weighted by Crippen LogP contribution is -2.63. The fraction of sp³-hybridized carbons (Fsp3) is 0.600. The zero-order chi connectivity index (χ0) is 20.7. The third kappa shape index (κ3) is 3.96. The summed E-state index contributed by atoms with van der Waals surface area (Å²) in [6, 6.07) is 5.07. The monoisotopic (exact) mass is 472 g/mol. The molecule has 28 heavy (non-hydrogen) atoms. The molecule has 2 fully saturated rings. The van der Waals surface area contributed by atoms with Crippen LogP contribution >= 0.6 is 27.5 Å². The second kappa shape index (κ2) is 7.75. The minimum atomic E-state index is -0.932. The number of fused-ring (bicyclic) bond motifs is 2. The maximum atomic E-state index is 12.5. The van der Waals surface area contributed by atoms with Gasteiger partial charge in [-0.15, -0.1) is 0 Å². The van der Waals surface area contributed by atoms with E-state index in [4.69, 9.17) is 16.3 Å². The van der Waals surface area contributed by atoms with Gasteiger partial charge in [0.1, 0.15) is 6.61 Å². The van der Waals surface area contributed by atoms with Crippen LogP contribution in [-0.2, 0) is 4.74 Å². The van der Waals surface area contributed by atoms with Crippen LogP contribution in [0.5, 0.6) is 0 Å². The molecule has 2 amide bonds. The molecule has 0 aromatic heterocycles. The van der Waals surface area contributed by atoms with Gasteiger partial charge in [0.05, 0.1) is 11.2 Å². The highest BCUT2D eigenvalue weighted by Gasteiger charge is 2.59. The van der Waals surface area contributed by atoms with Crippen LogP contribution in [0.1, 0.15) is 46.5 Å². The quantitative estimate of drug-likeness (QED) is 0.565. The lowest BCUT2D eigenvalue weighted by molar-refractivity contribution is -0.0606. The largest absolute Gasteiger partial charge is 0.465 e. The van der Waals surface area contributed by atoms with E-state index in [1.807, 2.05) is 0 Å². The molecule has 3 atom stereocenters. The standard InChI is InChI=1S/C20H26BrClN2O4/c1-19(2,3)16-7-5-13-8-9-20(16,24(13)18(26)27)11-28-17(25)23-15-10-12(22)4-6-14(15)21/h4,6,10,13,16H,5,7-9,11H2,1-3H3,(H,23,25)(H,26,27). The van der Waals surface area contributed by atoms with E-state index in [9.17, 15) is 14.7 Å². The third-order valence-electron chi connectivity index (χ3n) is 6.06. The first-order valence-electron chi connectivity index (χ1n) is 9.46. The molecular formula is C20H26BrClN2O4. The van der Waals surface area contributed by atoms with Crippen molar-refractivity contribution in [2.45, 2.75) is 58.0 Å². The van der Waals surface area contributed by atoms with Crippen molar-refractivity contribution in [1.82, 2.24) is 4.90 Å². The fourth-order valence-corrected chi connectivity index (χ4v) is 5.55. The van der Waals surface area contributed by atoms with Crippen molar-refractivity contribution in [1.29, 1.82) is 0 Å². The van der Waals surface area contributed by atoms with E-state index in [1.165, 1.54) is 0 Å². The number of nitrogens with zero attached hydrogens (tertiary/aromatic N) is 1. The summed E-state index contributed by atoms with van der Waals surface area (Å²) in [5, 5.41) is 13.1. The number of anilines is 1. The summed E-state index contributed by atoms with van der Waals surface area (Å²) in [6.45, 7) is 6.42. The number of nitrogens with one attached hydrogen (secondary N) is 1. The van der Waals surface area contributed by atoms with Crippen LogP contribution in [0.25, 0.3) is 0 Å². The highest BCUT2D eigenvalue weighted by atomic mass is 79.9. The highest BCUT2D eigenvalue weighted by Crippen LogP contribution is 2.53. The summed E-state index contributed by atoms with van der Waals surface area (Å²) >= 11 is 9.35. The van der Waals surface area contributed by atoms with Crippen LogP contribution in [0.2, 0.25) is 5.02 Å². The highest BCUT2D eigenvalue weighted by molar-refractivity contribution is 9.10. The van der Waals surface area contributed by atoms with Gasteiger partial charge in [0, 0.05) is 15.5 Å². The maximum absolute atomic E-state index is 12.5. The molecule has 2 N–H and O–H groups in total. The first-order valence-corrected chi connectivity index (χ1v) is 10.6. The number of piperidine rings is 1. The lowest BCUT2D eigenvalue weighted by Gasteiger charge is -2.52. The van der Waals surface area contributed by atoms with Crippen molar-refractivity contribution in [3.8, 4) is 0 Å². The van der Waals surface area contributed by atoms with Crippen molar-refractivity contribution >= 4 is 45.4 Å². The number of carbonyl (C=O) groups is 2. The Kier molecular flexibility index (Phi) is 5.88. The summed E-state index contributed by atoms with van der Waals surface area (Å²) in [5.74, 6) is 0.112. The summed E-state index contributed by atoms with van der Waals surface area (Å²) in [6.07, 6.45) is 1.76. The lowest BCUT2D eigenvalue weighted by atomic mass is 9.65. The minimum Gasteiger partial charge on any atom is -0.465 e. The van der Waals surface area contributed by atoms with Crippen molar-refractivity contribution in [3.05, 3.63) is 27.7 Å². The van der Waals surface area contributed by atoms with E-state index in [0.29, 0.717) is 21.6 Å². The van der Waals surface area contributed by atoms with E-state index in [1.54, 1.807) is 23.1 Å². The number of carboxylic acid groups (broad SMARTS) is 1. The van der Waals surface area contributed by atoms with Crippen LogP contribution in [0.4, 0.5) is 15.3 Å². The molecule has 1 aromatic rings. The fourth-order valence-electron chi connectivity index (χ4n) is 5.03. The molecule has 154 valence electrons. The molecule has 8 heteroatoms. The number of rotatable bonds is 3. The zero-order valence-electron chi connectivity index (χ0n) is 16.3. The Morgan fingerprint density at radius 1 is 1.36 bits per heavy atom. The van der Waals surface area contributed by atoms with Gasteiger partial charge in [0.15, 0.2) is 0 Å². The van der Waals surface area contributed by atoms with E-state index in [0.717, 1.165) is 19.3 Å². The van der Waals surface area contributed by atoms with Gasteiger partial charge in [-0.05, 0) is 71.1 Å². The molecular weight excluding hydrogens is 448 g/mol. The normalized spacial score (nSPS) is 26.8. The second-order valence-corrected chi connectivity index (χ2v) is 10.1. The number of amides is 2. The van der Waals surface area contributed by atoms with Crippen LogP contribution in [-0.4, -0.2) is 40.4 Å². The van der Waals surface area contributed by atoms with Gasteiger partial charge >= 0.3 is 12.2 Å². The summed E-state index contributed by atoms with van der Waals surface area (Å²) < 4.78 is 6.27. The Bertz CT molecular complexity index is 782. The Labute approximate surface area is 178 Å². The first-order chi connectivity index (χ1) is 13.0. The van der Waals surface area contributed by atoms with Gasteiger partial charge in [-0.25, -0.2) is 9.59 Å². The Morgan fingerprint density at radius 3 is 2.71 bits per heavy atom. The Hall–Kier alpha value is -1.47. The van der Waals surface area contributed by atoms with Crippen molar-refractivity contribution < 1.29 is 19.4 Å². The predicted molar refractivity (Wildman–Crippen MR) is 112 cm³/mol. The number of carbonyl (C=O) groups excluding carboxylic acids is 1. The average Bonchev–Trinajstić information content (AvgIpc) is 2.84. The van der Waals surface area contributed by atoms with Gasteiger partial charge in [0.25, 0.3) is 0 Å². The molecule has 3 unspecified atom stereocenters. The SMILES string of the molecule is CC(C)(C)C1CCC2CCC1(COC(=O)Nc1cc(Cl)ccc1Br)N2C(=O)O. The van der Waals surface area contributed by atoms with Crippen LogP contribution < -0.4 is 5.32 Å². The number of halogens is 2. The summed E-state index contributed by atoms with van der Waals surface area (Å²) in [4.78, 5) is 26.1. The predicted octanol–water partition coefficient (Wildman–Crippen LogP) is 5.99. The van der Waals surface area contributed by atoms with E-state index < -0.39 is 17.7 Å². The number of ether oxygens (including phenoxy) is 1. The number of benzene rings is 1. The maximum Gasteiger partial charge on any atom is 0.411 e. The Morgan fingerprint density at radius 2 is 2.07 bits per heavy atom. The smallest absolute Gasteiger partial charge is 0.411 e. The molecule has 0 spiro atoms. The molecule has 2 aliphatic rings. The van der Waals surface area contributed by atoms with Gasteiger partial charge in [0.2, 0.25) is 0 Å². The first kappa shape index (κ1) is 21.2. The molecule has 2 heterocycles. The molecule has 0 radical (unpaired) electrons. The van der Waals surface area contributed by atoms with Gasteiger partial charge in [-0.3, -0.25) is 10.2 Å². The van der Waals surface area contributed by atoms with Crippen LogP contribution in [0.15, 0.2) is 22.7 Å². The Balaban J connectivity index is 1.79. The molecule has 0 saturated carbocycles. The topological polar surface area (TPSA) is 78.9 Å². The average molecular weight is 474 g/mol. The number of hydrogen-bond acceptors (Lipinski definition) is 3. The number of hydrogen-bond donors (Lipinski definition) is 2. The molecule has 2 saturated heterocycles. The minimum absolute atomic E-state index is 0.00448. The van der Waals surface area contributed by atoms with Crippen LogP contribution in [0, 0.1) is 11.3 Å². The van der Waals surface area contributed by atoms with Crippen molar-refractivity contribution in [2.75, 3.05) is 11.9 Å². The molecule has 2 aliphatic heterocycles. The van der Waals surface area contributed by atoms with Gasteiger partial charge < -0.3 is 9.84 Å². The van der Waals surface area contributed by atoms with Gasteiger partial charge in [-0.2, -0.15) is 0 Å². The molecule has 1 aromatic carbocycles. The van der Waals surface area contributed by atoms with E-state index >= 15 is 0 Å². The van der Waals surface area contributed by atoms with Crippen molar-refractivity contribution in [2.24, 2.45) is 11.3 Å². The third-order valence-corrected chi connectivity index (χ3v) is 6.99. The second-order valence-electron chi connectivity index (χ2n) is 8.77.